The molecule has 1 heterocycles. The van der Waals surface area contributed by atoms with E-state index in [0.717, 1.165) is 24.5 Å². The average Bonchev–Trinajstić information content (AvgIpc) is 2.75. The minimum absolute atomic E-state index is 0.0340. The van der Waals surface area contributed by atoms with Crippen molar-refractivity contribution in [3.8, 4) is 0 Å². The van der Waals surface area contributed by atoms with Crippen LogP contribution >= 0.6 is 0 Å². The summed E-state index contributed by atoms with van der Waals surface area (Å²) in [4.78, 5) is 17.9. The van der Waals surface area contributed by atoms with Gasteiger partial charge in [0.05, 0.1) is 13.1 Å². The van der Waals surface area contributed by atoms with Crippen LogP contribution in [-0.2, 0) is 0 Å². The van der Waals surface area contributed by atoms with Gasteiger partial charge in [-0.3, -0.25) is 9.79 Å². The lowest BCUT2D eigenvalue weighted by Crippen LogP contribution is -2.23. The van der Waals surface area contributed by atoms with Crippen LogP contribution in [-0.4, -0.2) is 43.2 Å². The van der Waals surface area contributed by atoms with Crippen LogP contribution in [0.4, 0.5) is 0 Å². The number of likely N-dealkylation sites (N-methyl/N-ethyl adjacent to an activating group) is 1. The molecule has 0 aromatic heterocycles. The van der Waals surface area contributed by atoms with Crippen molar-refractivity contribution in [3.63, 3.8) is 0 Å². The van der Waals surface area contributed by atoms with Crippen molar-refractivity contribution in [2.24, 2.45) is 10.7 Å². The van der Waals surface area contributed by atoms with Crippen molar-refractivity contribution in [1.29, 1.82) is 0 Å². The van der Waals surface area contributed by atoms with E-state index in [1.54, 1.807) is 12.1 Å². The monoisotopic (exact) mass is 217 g/mol. The molecular formula is C12H15N3O. The Kier molecular flexibility index (Phi) is 3.01. The van der Waals surface area contributed by atoms with Gasteiger partial charge in [-0.15, -0.1) is 0 Å². The first kappa shape index (κ1) is 10.8. The van der Waals surface area contributed by atoms with E-state index in [4.69, 9.17) is 5.73 Å². The van der Waals surface area contributed by atoms with Crippen molar-refractivity contribution >= 4 is 11.6 Å². The predicted octanol–water partition coefficient (Wildman–Crippen LogP) is 0.520. The van der Waals surface area contributed by atoms with E-state index in [2.05, 4.69) is 9.89 Å². The molecule has 1 aromatic carbocycles. The largest absolute Gasteiger partial charge is 0.358 e. The molecular weight excluding hydrogens is 202 g/mol. The van der Waals surface area contributed by atoms with Crippen molar-refractivity contribution < 1.29 is 4.79 Å². The quantitative estimate of drug-likeness (QED) is 0.751. The summed E-state index contributed by atoms with van der Waals surface area (Å²) in [5, 5.41) is 0. The second-order valence-electron chi connectivity index (χ2n) is 3.83. The summed E-state index contributed by atoms with van der Waals surface area (Å²) >= 11 is 0. The summed E-state index contributed by atoms with van der Waals surface area (Å²) in [6.45, 7) is 1.86. The fourth-order valence-corrected chi connectivity index (χ4v) is 1.77. The Balaban J connectivity index is 2.22. The molecule has 0 bridgehead atoms. The molecule has 4 heteroatoms. The molecule has 0 aliphatic carbocycles. The summed E-state index contributed by atoms with van der Waals surface area (Å²) in [5.41, 5.74) is 7.01. The number of benzene rings is 1. The van der Waals surface area contributed by atoms with Crippen LogP contribution in [0.25, 0.3) is 0 Å². The smallest absolute Gasteiger partial charge is 0.176 e. The highest BCUT2D eigenvalue weighted by atomic mass is 16.1. The van der Waals surface area contributed by atoms with Gasteiger partial charge in [-0.25, -0.2) is 0 Å². The lowest BCUT2D eigenvalue weighted by atomic mass is 10.1. The number of hydrogen-bond acceptors (Lipinski definition) is 4. The summed E-state index contributed by atoms with van der Waals surface area (Å²) < 4.78 is 0. The number of amidine groups is 1. The molecule has 0 saturated carbocycles. The van der Waals surface area contributed by atoms with Gasteiger partial charge in [-0.1, -0.05) is 24.3 Å². The number of hydrogen-bond donors (Lipinski definition) is 1. The molecule has 0 unspecified atom stereocenters. The Labute approximate surface area is 94.8 Å². The topological polar surface area (TPSA) is 58.7 Å². The third-order valence-corrected chi connectivity index (χ3v) is 2.71. The third-order valence-electron chi connectivity index (χ3n) is 2.71. The molecule has 0 radical (unpaired) electrons. The maximum absolute atomic E-state index is 11.3. The van der Waals surface area contributed by atoms with Gasteiger partial charge >= 0.3 is 0 Å². The Bertz CT molecular complexity index is 422. The minimum atomic E-state index is -0.0340. The molecule has 0 atom stereocenters. The Morgan fingerprint density at radius 2 is 2.12 bits per heavy atom. The summed E-state index contributed by atoms with van der Waals surface area (Å²) in [6, 6.07) is 7.45. The summed E-state index contributed by atoms with van der Waals surface area (Å²) in [7, 11) is 2.02. The minimum Gasteiger partial charge on any atom is -0.358 e. The first-order valence-corrected chi connectivity index (χ1v) is 5.31. The molecule has 2 N–H and O–H groups in total. The lowest BCUT2D eigenvalue weighted by Gasteiger charge is -2.13. The van der Waals surface area contributed by atoms with Crippen LogP contribution < -0.4 is 5.73 Å². The molecule has 0 spiro atoms. The van der Waals surface area contributed by atoms with Gasteiger partial charge in [0, 0.05) is 24.7 Å². The number of rotatable bonds is 3. The molecule has 0 amide bonds. The van der Waals surface area contributed by atoms with Gasteiger partial charge in [0.25, 0.3) is 0 Å². The molecule has 0 saturated heterocycles. The number of Topliss-reactive ketones (excluding diaryl/α,β-unsaturated/α-hetero) is 1. The molecule has 4 nitrogen and oxygen atoms in total. The highest BCUT2D eigenvalue weighted by molar-refractivity contribution is 6.02. The standard InChI is InChI=1S/C12H15N3O/c1-15-7-6-14-12(15)10-4-2-9(3-5-10)11(16)8-13/h2-5H,6-8,13H2,1H3. The van der Waals surface area contributed by atoms with Crippen LogP contribution in [0.15, 0.2) is 29.3 Å². The number of nitrogens with zero attached hydrogens (tertiary/aromatic N) is 2. The zero-order valence-electron chi connectivity index (χ0n) is 9.31. The molecule has 0 fully saturated rings. The van der Waals surface area contributed by atoms with Gasteiger partial charge < -0.3 is 10.6 Å². The van der Waals surface area contributed by atoms with Gasteiger partial charge in [0.1, 0.15) is 5.84 Å². The molecule has 84 valence electrons. The van der Waals surface area contributed by atoms with E-state index in [9.17, 15) is 4.79 Å². The number of nitrogens with two attached hydrogens (primary N) is 1. The predicted molar refractivity (Wildman–Crippen MR) is 63.9 cm³/mol. The van der Waals surface area contributed by atoms with E-state index in [-0.39, 0.29) is 12.3 Å². The summed E-state index contributed by atoms with van der Waals surface area (Å²) in [5.74, 6) is 0.958. The highest BCUT2D eigenvalue weighted by Crippen LogP contribution is 2.11. The summed E-state index contributed by atoms with van der Waals surface area (Å²) in [6.07, 6.45) is 0. The zero-order valence-corrected chi connectivity index (χ0v) is 9.31. The van der Waals surface area contributed by atoms with E-state index in [0.29, 0.717) is 5.56 Å². The van der Waals surface area contributed by atoms with Gasteiger partial charge in [0.2, 0.25) is 0 Å². The van der Waals surface area contributed by atoms with Crippen molar-refractivity contribution in [2.75, 3.05) is 26.7 Å². The molecule has 1 aliphatic rings. The van der Waals surface area contributed by atoms with E-state index < -0.39 is 0 Å². The van der Waals surface area contributed by atoms with E-state index in [1.165, 1.54) is 0 Å². The second-order valence-corrected chi connectivity index (χ2v) is 3.83. The number of aliphatic imine (C=N–C) groups is 1. The first-order valence-electron chi connectivity index (χ1n) is 5.31. The van der Waals surface area contributed by atoms with Crippen LogP contribution in [0.3, 0.4) is 0 Å². The number of ketones is 1. The normalized spacial score (nSPS) is 15.1. The first-order chi connectivity index (χ1) is 7.72. The Morgan fingerprint density at radius 3 is 2.62 bits per heavy atom. The van der Waals surface area contributed by atoms with Crippen LogP contribution in [0.1, 0.15) is 15.9 Å². The highest BCUT2D eigenvalue weighted by Gasteiger charge is 2.14. The number of carbonyl (C=O) groups is 1. The van der Waals surface area contributed by atoms with Crippen LogP contribution in [0.5, 0.6) is 0 Å². The molecule has 1 aromatic rings. The van der Waals surface area contributed by atoms with Gasteiger partial charge in [0.15, 0.2) is 5.78 Å². The zero-order chi connectivity index (χ0) is 11.5. The molecule has 1 aliphatic heterocycles. The Hall–Kier alpha value is -1.68. The molecule has 16 heavy (non-hydrogen) atoms. The fraction of sp³-hybridized carbons (Fsp3) is 0.333. The fourth-order valence-electron chi connectivity index (χ4n) is 1.77. The van der Waals surface area contributed by atoms with Gasteiger partial charge in [-0.05, 0) is 0 Å². The third kappa shape index (κ3) is 1.97. The van der Waals surface area contributed by atoms with Crippen LogP contribution in [0, 0.1) is 0 Å². The average molecular weight is 217 g/mol. The van der Waals surface area contributed by atoms with Crippen molar-refractivity contribution in [2.45, 2.75) is 0 Å². The lowest BCUT2D eigenvalue weighted by molar-refractivity contribution is 0.100. The second kappa shape index (κ2) is 4.45. The SMILES string of the molecule is CN1CCN=C1c1ccc(C(=O)CN)cc1. The van der Waals surface area contributed by atoms with Crippen molar-refractivity contribution in [1.82, 2.24) is 4.90 Å². The van der Waals surface area contributed by atoms with E-state index in [1.807, 2.05) is 19.2 Å². The van der Waals surface area contributed by atoms with Crippen LogP contribution in [0.2, 0.25) is 0 Å². The number of carbonyl (C=O) groups excluding carboxylic acids is 1. The van der Waals surface area contributed by atoms with Gasteiger partial charge in [-0.2, -0.15) is 0 Å². The van der Waals surface area contributed by atoms with E-state index >= 15 is 0 Å². The maximum Gasteiger partial charge on any atom is 0.176 e. The molecule has 2 rings (SSSR count). The Morgan fingerprint density at radius 1 is 1.44 bits per heavy atom. The maximum atomic E-state index is 11.3. The van der Waals surface area contributed by atoms with Crippen molar-refractivity contribution in [3.05, 3.63) is 35.4 Å².